The second-order valence-corrected chi connectivity index (χ2v) is 8.27. The molecular formula is C10H12BrN3OS2. The summed E-state index contributed by atoms with van der Waals surface area (Å²) < 4.78 is 18.2. The summed E-state index contributed by atoms with van der Waals surface area (Å²) in [5.74, 6) is 0. The van der Waals surface area contributed by atoms with Crippen LogP contribution in [0, 0.1) is 0 Å². The minimum Gasteiger partial charge on any atom is -0.296 e. The molecule has 1 atom stereocenters. The van der Waals surface area contributed by atoms with Crippen molar-refractivity contribution in [1.82, 2.24) is 9.38 Å². The van der Waals surface area contributed by atoms with Gasteiger partial charge in [0, 0.05) is 12.4 Å². The Morgan fingerprint density at radius 3 is 2.82 bits per heavy atom. The molecule has 0 saturated carbocycles. The van der Waals surface area contributed by atoms with E-state index < -0.39 is 11.0 Å². The Morgan fingerprint density at radius 2 is 2.24 bits per heavy atom. The van der Waals surface area contributed by atoms with Gasteiger partial charge >= 0.3 is 0 Å². The maximum absolute atomic E-state index is 11.7. The Labute approximate surface area is 115 Å². The molecule has 0 saturated heterocycles. The van der Waals surface area contributed by atoms with Gasteiger partial charge < -0.3 is 0 Å². The van der Waals surface area contributed by atoms with Crippen molar-refractivity contribution in [3.63, 3.8) is 0 Å². The molecule has 7 heteroatoms. The van der Waals surface area contributed by atoms with E-state index in [2.05, 4.69) is 25.3 Å². The van der Waals surface area contributed by atoms with Crippen LogP contribution in [0.2, 0.25) is 0 Å². The standard InChI is InChI=1S/C10H12BrN3OS2/c1-10(2,3)17(15)12-4-7-5-14-6-8(11)13-9(14)16-7/h4-6H,1-3H3/b12-4+. The maximum Gasteiger partial charge on any atom is 0.195 e. The number of halogens is 1. The molecule has 0 amide bonds. The summed E-state index contributed by atoms with van der Waals surface area (Å²) in [7, 11) is -1.21. The smallest absolute Gasteiger partial charge is 0.195 e. The first-order valence-electron chi connectivity index (χ1n) is 4.96. The molecule has 0 fully saturated rings. The Kier molecular flexibility index (Phi) is 3.51. The summed E-state index contributed by atoms with van der Waals surface area (Å²) in [6, 6.07) is 0. The zero-order chi connectivity index (χ0) is 12.6. The summed E-state index contributed by atoms with van der Waals surface area (Å²) in [6.45, 7) is 5.70. The molecule has 2 rings (SSSR count). The minimum absolute atomic E-state index is 0.322. The summed E-state index contributed by atoms with van der Waals surface area (Å²) in [4.78, 5) is 6.10. The molecule has 0 aliphatic heterocycles. The lowest BCUT2D eigenvalue weighted by Gasteiger charge is -2.12. The molecule has 4 nitrogen and oxygen atoms in total. The molecule has 0 spiro atoms. The van der Waals surface area contributed by atoms with E-state index >= 15 is 0 Å². The fourth-order valence-electron chi connectivity index (χ4n) is 1.10. The van der Waals surface area contributed by atoms with Gasteiger partial charge in [-0.3, -0.25) is 4.40 Å². The van der Waals surface area contributed by atoms with Gasteiger partial charge in [0.05, 0.1) is 15.8 Å². The lowest BCUT2D eigenvalue weighted by molar-refractivity contribution is 0.651. The number of imidazole rings is 1. The summed E-state index contributed by atoms with van der Waals surface area (Å²) >= 11 is 4.82. The van der Waals surface area contributed by atoms with Gasteiger partial charge in [0.2, 0.25) is 0 Å². The van der Waals surface area contributed by atoms with E-state index in [1.54, 1.807) is 6.21 Å². The average Bonchev–Trinajstić information content (AvgIpc) is 2.68. The van der Waals surface area contributed by atoms with Crippen LogP contribution in [0.4, 0.5) is 0 Å². The van der Waals surface area contributed by atoms with Crippen LogP contribution in [0.15, 0.2) is 21.4 Å². The van der Waals surface area contributed by atoms with Gasteiger partial charge in [-0.2, -0.15) is 4.40 Å². The molecule has 92 valence electrons. The molecule has 0 bridgehead atoms. The average molecular weight is 334 g/mol. The number of hydrogen-bond donors (Lipinski definition) is 0. The lowest BCUT2D eigenvalue weighted by Crippen LogP contribution is -2.19. The Bertz CT molecular complexity index is 563. The number of hydrogen-bond acceptors (Lipinski definition) is 3. The fraction of sp³-hybridized carbons (Fsp3) is 0.400. The first kappa shape index (κ1) is 12.9. The molecule has 0 aromatic carbocycles. The number of nitrogens with zero attached hydrogens (tertiary/aromatic N) is 3. The Hall–Kier alpha value is -0.530. The normalized spacial score (nSPS) is 14.8. The maximum atomic E-state index is 11.7. The van der Waals surface area contributed by atoms with Crippen LogP contribution in [0.1, 0.15) is 25.6 Å². The van der Waals surface area contributed by atoms with Gasteiger partial charge in [0.1, 0.15) is 15.6 Å². The van der Waals surface area contributed by atoms with Crippen molar-refractivity contribution in [3.05, 3.63) is 21.9 Å². The number of fused-ring (bicyclic) bond motifs is 1. The predicted molar refractivity (Wildman–Crippen MR) is 76.3 cm³/mol. The van der Waals surface area contributed by atoms with E-state index in [-0.39, 0.29) is 4.75 Å². The van der Waals surface area contributed by atoms with Gasteiger partial charge in [-0.1, -0.05) is 11.3 Å². The first-order valence-corrected chi connectivity index (χ1v) is 7.68. The SMILES string of the molecule is CC(C)(C)S(=O)/N=C/c1cn2cc(Br)nc2s1. The number of thiazole rings is 1. The van der Waals surface area contributed by atoms with E-state index in [9.17, 15) is 4.21 Å². The van der Waals surface area contributed by atoms with Gasteiger partial charge in [0.25, 0.3) is 0 Å². The molecule has 17 heavy (non-hydrogen) atoms. The van der Waals surface area contributed by atoms with Crippen LogP contribution in [-0.4, -0.2) is 24.6 Å². The minimum atomic E-state index is -1.21. The zero-order valence-corrected chi connectivity index (χ0v) is 12.9. The topological polar surface area (TPSA) is 46.7 Å². The van der Waals surface area contributed by atoms with E-state index in [4.69, 9.17) is 0 Å². The van der Waals surface area contributed by atoms with Crippen LogP contribution in [0.25, 0.3) is 4.96 Å². The van der Waals surface area contributed by atoms with Crippen molar-refractivity contribution in [2.75, 3.05) is 0 Å². The summed E-state index contributed by atoms with van der Waals surface area (Å²) in [6.07, 6.45) is 5.44. The molecule has 1 unspecified atom stereocenters. The molecular weight excluding hydrogens is 322 g/mol. The largest absolute Gasteiger partial charge is 0.296 e. The van der Waals surface area contributed by atoms with Crippen molar-refractivity contribution >= 4 is 49.4 Å². The van der Waals surface area contributed by atoms with Gasteiger partial charge in [-0.15, -0.1) is 0 Å². The highest BCUT2D eigenvalue weighted by Gasteiger charge is 2.18. The Balaban J connectivity index is 2.21. The third kappa shape index (κ3) is 3.02. The second-order valence-electron chi connectivity index (χ2n) is 4.48. The molecule has 0 aliphatic carbocycles. The van der Waals surface area contributed by atoms with Crippen LogP contribution < -0.4 is 0 Å². The van der Waals surface area contributed by atoms with Crippen molar-refractivity contribution in [1.29, 1.82) is 0 Å². The summed E-state index contributed by atoms with van der Waals surface area (Å²) in [5, 5.41) is 0. The van der Waals surface area contributed by atoms with E-state index in [0.717, 1.165) is 14.4 Å². The molecule has 2 aromatic heterocycles. The van der Waals surface area contributed by atoms with Crippen LogP contribution in [0.5, 0.6) is 0 Å². The molecule has 0 N–H and O–H groups in total. The zero-order valence-electron chi connectivity index (χ0n) is 9.68. The number of rotatable bonds is 2. The van der Waals surface area contributed by atoms with Crippen LogP contribution in [-0.2, 0) is 11.0 Å². The highest BCUT2D eigenvalue weighted by atomic mass is 79.9. The van der Waals surface area contributed by atoms with Crippen molar-refractivity contribution < 1.29 is 4.21 Å². The van der Waals surface area contributed by atoms with E-state index in [1.807, 2.05) is 37.6 Å². The van der Waals surface area contributed by atoms with E-state index in [0.29, 0.717) is 0 Å². The quantitative estimate of drug-likeness (QED) is 0.793. The lowest BCUT2D eigenvalue weighted by atomic mass is 10.3. The Morgan fingerprint density at radius 1 is 1.53 bits per heavy atom. The van der Waals surface area contributed by atoms with E-state index in [1.165, 1.54) is 11.3 Å². The second kappa shape index (κ2) is 4.62. The fourth-order valence-corrected chi connectivity index (χ4v) is 3.04. The van der Waals surface area contributed by atoms with Crippen molar-refractivity contribution in [2.24, 2.45) is 4.40 Å². The third-order valence-corrected chi connectivity index (χ3v) is 4.60. The van der Waals surface area contributed by atoms with Gasteiger partial charge in [-0.05, 0) is 36.7 Å². The molecule has 0 aliphatic rings. The third-order valence-electron chi connectivity index (χ3n) is 1.94. The predicted octanol–water partition coefficient (Wildman–Crippen LogP) is 3.04. The van der Waals surface area contributed by atoms with Crippen molar-refractivity contribution in [3.8, 4) is 0 Å². The van der Waals surface area contributed by atoms with Gasteiger partial charge in [-0.25, -0.2) is 9.19 Å². The number of aromatic nitrogens is 2. The van der Waals surface area contributed by atoms with Crippen LogP contribution >= 0.6 is 27.3 Å². The van der Waals surface area contributed by atoms with Crippen LogP contribution in [0.3, 0.4) is 0 Å². The highest BCUT2D eigenvalue weighted by molar-refractivity contribution is 9.10. The summed E-state index contributed by atoms with van der Waals surface area (Å²) in [5.41, 5.74) is 0. The molecule has 0 radical (unpaired) electrons. The molecule has 2 heterocycles. The highest BCUT2D eigenvalue weighted by Crippen LogP contribution is 2.19. The van der Waals surface area contributed by atoms with Gasteiger partial charge in [0.15, 0.2) is 4.96 Å². The van der Waals surface area contributed by atoms with Crippen molar-refractivity contribution in [2.45, 2.75) is 25.5 Å². The molecule has 2 aromatic rings. The monoisotopic (exact) mass is 333 g/mol. The first-order chi connectivity index (χ1) is 7.86.